The van der Waals surface area contributed by atoms with Crippen molar-refractivity contribution in [2.45, 2.75) is 39.2 Å². The Kier molecular flexibility index (Phi) is 3.88. The van der Waals surface area contributed by atoms with Crippen molar-refractivity contribution in [3.63, 3.8) is 0 Å². The molecule has 0 saturated carbocycles. The van der Waals surface area contributed by atoms with Crippen molar-refractivity contribution in [3.8, 4) is 0 Å². The van der Waals surface area contributed by atoms with Gasteiger partial charge in [0.25, 0.3) is 5.91 Å². The molecule has 1 heterocycles. The summed E-state index contributed by atoms with van der Waals surface area (Å²) in [6.45, 7) is 4.66. The van der Waals surface area contributed by atoms with Gasteiger partial charge in [0.05, 0.1) is 5.56 Å². The van der Waals surface area contributed by atoms with Crippen LogP contribution in [0.5, 0.6) is 0 Å². The molecule has 1 saturated heterocycles. The van der Waals surface area contributed by atoms with E-state index < -0.39 is 5.97 Å². The van der Waals surface area contributed by atoms with Crippen molar-refractivity contribution >= 4 is 11.9 Å². The molecule has 0 aromatic heterocycles. The average molecular weight is 261 g/mol. The summed E-state index contributed by atoms with van der Waals surface area (Å²) in [6, 6.07) is 5.12. The summed E-state index contributed by atoms with van der Waals surface area (Å²) >= 11 is 0. The maximum absolute atomic E-state index is 12.5. The third kappa shape index (κ3) is 2.78. The van der Waals surface area contributed by atoms with Gasteiger partial charge in [-0.1, -0.05) is 6.92 Å². The maximum atomic E-state index is 12.5. The molecule has 1 atom stereocenters. The standard InChI is InChI=1S/C15H19NO3/c1-3-13-5-4-6-16(13)14(17)11-7-10(2)8-12(9-11)15(18)19/h7-9,13H,3-6H2,1-2H3,(H,18,19). The van der Waals surface area contributed by atoms with E-state index in [1.54, 1.807) is 12.1 Å². The molecule has 102 valence electrons. The number of hydrogen-bond donors (Lipinski definition) is 1. The molecule has 1 N–H and O–H groups in total. The third-order valence-electron chi connectivity index (χ3n) is 3.68. The minimum Gasteiger partial charge on any atom is -0.478 e. The van der Waals surface area contributed by atoms with E-state index >= 15 is 0 Å². The van der Waals surface area contributed by atoms with Crippen molar-refractivity contribution in [3.05, 3.63) is 34.9 Å². The molecule has 0 aliphatic carbocycles. The molecule has 1 unspecified atom stereocenters. The highest BCUT2D eigenvalue weighted by molar-refractivity contribution is 5.98. The van der Waals surface area contributed by atoms with Gasteiger partial charge >= 0.3 is 5.97 Å². The SMILES string of the molecule is CCC1CCCN1C(=O)c1cc(C)cc(C(=O)O)c1. The van der Waals surface area contributed by atoms with E-state index in [1.807, 2.05) is 11.8 Å². The fourth-order valence-corrected chi connectivity index (χ4v) is 2.72. The van der Waals surface area contributed by atoms with Crippen molar-refractivity contribution in [1.29, 1.82) is 0 Å². The molecule has 1 aromatic rings. The van der Waals surface area contributed by atoms with Gasteiger partial charge < -0.3 is 10.0 Å². The Bertz CT molecular complexity index is 510. The van der Waals surface area contributed by atoms with Crippen LogP contribution in [0.4, 0.5) is 0 Å². The van der Waals surface area contributed by atoms with Crippen LogP contribution < -0.4 is 0 Å². The molecule has 2 rings (SSSR count). The number of benzene rings is 1. The molecule has 19 heavy (non-hydrogen) atoms. The van der Waals surface area contributed by atoms with E-state index in [-0.39, 0.29) is 11.5 Å². The lowest BCUT2D eigenvalue weighted by Gasteiger charge is -2.24. The van der Waals surface area contributed by atoms with Crippen LogP contribution in [0.1, 0.15) is 52.5 Å². The molecular formula is C15H19NO3. The van der Waals surface area contributed by atoms with Crippen molar-refractivity contribution < 1.29 is 14.7 Å². The zero-order valence-corrected chi connectivity index (χ0v) is 11.3. The quantitative estimate of drug-likeness (QED) is 0.910. The van der Waals surface area contributed by atoms with E-state index in [1.165, 1.54) is 6.07 Å². The molecule has 4 nitrogen and oxygen atoms in total. The Balaban J connectivity index is 2.30. The van der Waals surface area contributed by atoms with Crippen molar-refractivity contribution in [2.24, 2.45) is 0 Å². The topological polar surface area (TPSA) is 57.6 Å². The number of nitrogens with zero attached hydrogens (tertiary/aromatic N) is 1. The fraction of sp³-hybridized carbons (Fsp3) is 0.467. The Morgan fingerprint density at radius 1 is 1.32 bits per heavy atom. The number of aryl methyl sites for hydroxylation is 1. The zero-order chi connectivity index (χ0) is 14.0. The zero-order valence-electron chi connectivity index (χ0n) is 11.3. The third-order valence-corrected chi connectivity index (χ3v) is 3.68. The number of carboxylic acid groups (broad SMARTS) is 1. The van der Waals surface area contributed by atoms with Crippen LogP contribution >= 0.6 is 0 Å². The summed E-state index contributed by atoms with van der Waals surface area (Å²) in [5.41, 5.74) is 1.46. The predicted octanol–water partition coefficient (Wildman–Crippen LogP) is 2.71. The van der Waals surface area contributed by atoms with E-state index in [9.17, 15) is 9.59 Å². The van der Waals surface area contributed by atoms with Gasteiger partial charge in [-0.3, -0.25) is 4.79 Å². The van der Waals surface area contributed by atoms with Gasteiger partial charge in [-0.25, -0.2) is 4.79 Å². The summed E-state index contributed by atoms with van der Waals surface area (Å²) in [4.78, 5) is 25.4. The maximum Gasteiger partial charge on any atom is 0.335 e. The van der Waals surface area contributed by atoms with Gasteiger partial charge in [0.2, 0.25) is 0 Å². The molecule has 1 amide bonds. The van der Waals surface area contributed by atoms with Crippen LogP contribution in [-0.2, 0) is 0 Å². The molecular weight excluding hydrogens is 242 g/mol. The Morgan fingerprint density at radius 2 is 2.00 bits per heavy atom. The van der Waals surface area contributed by atoms with Crippen LogP contribution in [0.25, 0.3) is 0 Å². The molecule has 1 aliphatic heterocycles. The number of carboxylic acids is 1. The number of likely N-dealkylation sites (tertiary alicyclic amines) is 1. The van der Waals surface area contributed by atoms with Gasteiger partial charge in [0, 0.05) is 18.2 Å². The summed E-state index contributed by atoms with van der Waals surface area (Å²) in [6.07, 6.45) is 3.02. The summed E-state index contributed by atoms with van der Waals surface area (Å²) in [5, 5.41) is 9.05. The molecule has 1 fully saturated rings. The van der Waals surface area contributed by atoms with Gasteiger partial charge in [0.15, 0.2) is 0 Å². The molecule has 4 heteroatoms. The highest BCUT2D eigenvalue weighted by Crippen LogP contribution is 2.23. The molecule has 1 aliphatic rings. The Morgan fingerprint density at radius 3 is 2.63 bits per heavy atom. The minimum absolute atomic E-state index is 0.0458. The second-order valence-corrected chi connectivity index (χ2v) is 5.10. The Labute approximate surface area is 113 Å². The van der Waals surface area contributed by atoms with Crippen molar-refractivity contribution in [1.82, 2.24) is 4.90 Å². The normalized spacial score (nSPS) is 18.6. The first-order valence-corrected chi connectivity index (χ1v) is 6.69. The number of hydrogen-bond acceptors (Lipinski definition) is 2. The van der Waals surface area contributed by atoms with E-state index in [4.69, 9.17) is 5.11 Å². The lowest BCUT2D eigenvalue weighted by molar-refractivity contribution is 0.0696. The van der Waals surface area contributed by atoms with Crippen LogP contribution in [-0.4, -0.2) is 34.5 Å². The lowest BCUT2D eigenvalue weighted by Crippen LogP contribution is -2.35. The second-order valence-electron chi connectivity index (χ2n) is 5.10. The smallest absolute Gasteiger partial charge is 0.335 e. The molecule has 0 radical (unpaired) electrons. The second kappa shape index (κ2) is 5.43. The largest absolute Gasteiger partial charge is 0.478 e. The van der Waals surface area contributed by atoms with E-state index in [2.05, 4.69) is 6.92 Å². The number of carbonyl (C=O) groups is 2. The van der Waals surface area contributed by atoms with Gasteiger partial charge in [-0.15, -0.1) is 0 Å². The minimum atomic E-state index is -0.994. The highest BCUT2D eigenvalue weighted by atomic mass is 16.4. The average Bonchev–Trinajstić information content (AvgIpc) is 2.85. The fourth-order valence-electron chi connectivity index (χ4n) is 2.72. The lowest BCUT2D eigenvalue weighted by atomic mass is 10.0. The Hall–Kier alpha value is -1.84. The van der Waals surface area contributed by atoms with Crippen LogP contribution in [0.2, 0.25) is 0 Å². The first-order chi connectivity index (χ1) is 9.02. The van der Waals surface area contributed by atoms with Crippen LogP contribution in [0.3, 0.4) is 0 Å². The predicted molar refractivity (Wildman–Crippen MR) is 72.5 cm³/mol. The monoisotopic (exact) mass is 261 g/mol. The van der Waals surface area contributed by atoms with E-state index in [0.717, 1.165) is 31.4 Å². The number of rotatable bonds is 3. The van der Waals surface area contributed by atoms with Crippen molar-refractivity contribution in [2.75, 3.05) is 6.54 Å². The highest BCUT2D eigenvalue weighted by Gasteiger charge is 2.28. The molecule has 0 bridgehead atoms. The first-order valence-electron chi connectivity index (χ1n) is 6.69. The van der Waals surface area contributed by atoms with Crippen LogP contribution in [0.15, 0.2) is 18.2 Å². The number of aromatic carboxylic acids is 1. The summed E-state index contributed by atoms with van der Waals surface area (Å²) in [5.74, 6) is -1.04. The van der Waals surface area contributed by atoms with Gasteiger partial charge in [0.1, 0.15) is 0 Å². The first kappa shape index (κ1) is 13.6. The number of carbonyl (C=O) groups excluding carboxylic acids is 1. The summed E-state index contributed by atoms with van der Waals surface area (Å²) < 4.78 is 0. The molecule has 0 spiro atoms. The number of amides is 1. The van der Waals surface area contributed by atoms with Gasteiger partial charge in [-0.2, -0.15) is 0 Å². The molecule has 1 aromatic carbocycles. The van der Waals surface area contributed by atoms with Crippen LogP contribution in [0, 0.1) is 6.92 Å². The van der Waals surface area contributed by atoms with E-state index in [0.29, 0.717) is 11.6 Å². The van der Waals surface area contributed by atoms with Gasteiger partial charge in [-0.05, 0) is 49.9 Å². The summed E-state index contributed by atoms with van der Waals surface area (Å²) in [7, 11) is 0.